The number of nitrogens with zero attached hydrogens (tertiary/aromatic N) is 2. The number of hydrogen-bond donors (Lipinski definition) is 1. The van der Waals surface area contributed by atoms with Gasteiger partial charge in [-0.1, -0.05) is 0 Å². The van der Waals surface area contributed by atoms with Gasteiger partial charge in [0.2, 0.25) is 10.0 Å². The molecule has 0 atom stereocenters. The fraction of sp³-hybridized carbons (Fsp3) is 0.400. The molecule has 0 saturated heterocycles. The Morgan fingerprint density at radius 1 is 1.28 bits per heavy atom. The highest BCUT2D eigenvalue weighted by Crippen LogP contribution is 2.36. The number of rotatable bonds is 5. The molecule has 0 spiro atoms. The summed E-state index contributed by atoms with van der Waals surface area (Å²) in [4.78, 5) is 15.0. The van der Waals surface area contributed by atoms with E-state index < -0.39 is 20.5 Å². The third-order valence-electron chi connectivity index (χ3n) is 3.08. The van der Waals surface area contributed by atoms with Crippen molar-refractivity contribution < 1.29 is 17.8 Å². The number of sulfonamides is 1. The van der Waals surface area contributed by atoms with E-state index in [1.54, 1.807) is 34.6 Å². The minimum atomic E-state index is -3.87. The van der Waals surface area contributed by atoms with Crippen molar-refractivity contribution in [2.24, 2.45) is 0 Å². The van der Waals surface area contributed by atoms with E-state index in [1.165, 1.54) is 12.1 Å². The summed E-state index contributed by atoms with van der Waals surface area (Å²) >= 11 is 0.975. The molecule has 0 aliphatic carbocycles. The molecule has 2 aromatic rings. The van der Waals surface area contributed by atoms with Crippen molar-refractivity contribution >= 4 is 27.5 Å². The monoisotopic (exact) mass is 385 g/mol. The molecule has 0 bridgehead atoms. The van der Waals surface area contributed by atoms with Gasteiger partial charge in [0.1, 0.15) is 5.76 Å². The summed E-state index contributed by atoms with van der Waals surface area (Å²) in [7, 11) is -3.87. The van der Waals surface area contributed by atoms with Crippen LogP contribution in [0.5, 0.6) is 0 Å². The van der Waals surface area contributed by atoms with Crippen molar-refractivity contribution in [1.82, 2.24) is 9.71 Å². The molecule has 2 rings (SSSR count). The summed E-state index contributed by atoms with van der Waals surface area (Å²) in [6.07, 6.45) is 0. The fourth-order valence-corrected chi connectivity index (χ4v) is 4.29. The molecule has 0 saturated carbocycles. The van der Waals surface area contributed by atoms with E-state index in [0.29, 0.717) is 11.5 Å². The molecule has 10 heteroatoms. The lowest BCUT2D eigenvalue weighted by Gasteiger charge is -2.20. The lowest BCUT2D eigenvalue weighted by molar-refractivity contribution is -0.388. The highest BCUT2D eigenvalue weighted by Gasteiger charge is 2.26. The van der Waals surface area contributed by atoms with Crippen LogP contribution in [-0.4, -0.2) is 23.9 Å². The van der Waals surface area contributed by atoms with Crippen molar-refractivity contribution in [1.29, 1.82) is 0 Å². The number of oxazole rings is 1. The van der Waals surface area contributed by atoms with Crippen LogP contribution in [0.2, 0.25) is 0 Å². The quantitative estimate of drug-likeness (QED) is 0.619. The molecule has 1 heterocycles. The number of nitro benzene ring substituents is 1. The maximum atomic E-state index is 12.4. The van der Waals surface area contributed by atoms with Gasteiger partial charge < -0.3 is 4.42 Å². The standard InChI is InChI=1S/C15H19N3O5S2/c1-9-10(2)23-14(16-9)24-13-7-6-11(8-12(13)18(19)20)25(21,22)17-15(3,4)5/h6-8,17H,1-5H3. The molecule has 0 aliphatic rings. The first-order valence-electron chi connectivity index (χ1n) is 7.33. The zero-order chi connectivity index (χ0) is 19.0. The molecular weight excluding hydrogens is 366 g/mol. The van der Waals surface area contributed by atoms with Gasteiger partial charge in [-0.15, -0.1) is 0 Å². The van der Waals surface area contributed by atoms with Crippen LogP contribution in [0.4, 0.5) is 5.69 Å². The van der Waals surface area contributed by atoms with Crippen LogP contribution >= 0.6 is 11.8 Å². The SMILES string of the molecule is Cc1nc(Sc2ccc(S(=O)(=O)NC(C)(C)C)cc2[N+](=O)[O-])oc1C. The molecule has 0 aliphatic heterocycles. The second-order valence-corrected chi connectivity index (χ2v) is 9.14. The Morgan fingerprint density at radius 3 is 2.40 bits per heavy atom. The summed E-state index contributed by atoms with van der Waals surface area (Å²) in [6.45, 7) is 8.59. The van der Waals surface area contributed by atoms with Crippen molar-refractivity contribution in [2.45, 2.75) is 55.2 Å². The zero-order valence-corrected chi connectivity index (χ0v) is 16.1. The average molecular weight is 385 g/mol. The van der Waals surface area contributed by atoms with Gasteiger partial charge in [-0.3, -0.25) is 10.1 Å². The fourth-order valence-electron chi connectivity index (χ4n) is 1.94. The third-order valence-corrected chi connectivity index (χ3v) is 5.75. The first-order valence-corrected chi connectivity index (χ1v) is 9.63. The summed E-state index contributed by atoms with van der Waals surface area (Å²) in [5.74, 6) is 0.624. The van der Waals surface area contributed by atoms with Gasteiger partial charge in [0.05, 0.1) is 20.4 Å². The van der Waals surface area contributed by atoms with Gasteiger partial charge in [0, 0.05) is 11.6 Å². The minimum Gasteiger partial charge on any atom is -0.436 e. The first-order chi connectivity index (χ1) is 11.4. The predicted molar refractivity (Wildman–Crippen MR) is 93.3 cm³/mol. The van der Waals surface area contributed by atoms with E-state index in [2.05, 4.69) is 9.71 Å². The van der Waals surface area contributed by atoms with Crippen LogP contribution < -0.4 is 4.72 Å². The zero-order valence-electron chi connectivity index (χ0n) is 14.5. The molecule has 8 nitrogen and oxygen atoms in total. The van der Waals surface area contributed by atoms with Gasteiger partial charge in [0.25, 0.3) is 10.9 Å². The van der Waals surface area contributed by atoms with Crippen LogP contribution in [-0.2, 0) is 10.0 Å². The van der Waals surface area contributed by atoms with E-state index in [0.717, 1.165) is 17.8 Å². The normalized spacial score (nSPS) is 12.4. The second-order valence-electron chi connectivity index (χ2n) is 6.47. The van der Waals surface area contributed by atoms with E-state index in [9.17, 15) is 18.5 Å². The van der Waals surface area contributed by atoms with Gasteiger partial charge in [-0.2, -0.15) is 0 Å². The maximum absolute atomic E-state index is 12.4. The lowest BCUT2D eigenvalue weighted by atomic mass is 10.1. The van der Waals surface area contributed by atoms with E-state index >= 15 is 0 Å². The summed E-state index contributed by atoms with van der Waals surface area (Å²) in [5.41, 5.74) is -0.331. The molecule has 25 heavy (non-hydrogen) atoms. The van der Waals surface area contributed by atoms with Gasteiger partial charge in [0.15, 0.2) is 0 Å². The number of benzene rings is 1. The molecule has 0 fully saturated rings. The van der Waals surface area contributed by atoms with Crippen LogP contribution in [0, 0.1) is 24.0 Å². The second kappa shape index (κ2) is 6.77. The molecule has 0 amide bonds. The Balaban J connectivity index is 2.43. The Kier molecular flexibility index (Phi) is 5.26. The van der Waals surface area contributed by atoms with Crippen LogP contribution in [0.25, 0.3) is 0 Å². The van der Waals surface area contributed by atoms with Crippen molar-refractivity contribution in [3.63, 3.8) is 0 Å². The minimum absolute atomic E-state index is 0.168. The predicted octanol–water partition coefficient (Wildman–Crippen LogP) is 3.43. The van der Waals surface area contributed by atoms with Crippen molar-refractivity contribution in [2.75, 3.05) is 0 Å². The van der Waals surface area contributed by atoms with Crippen molar-refractivity contribution in [3.8, 4) is 0 Å². The topological polar surface area (TPSA) is 115 Å². The smallest absolute Gasteiger partial charge is 0.284 e. The highest BCUT2D eigenvalue weighted by molar-refractivity contribution is 7.99. The molecule has 0 radical (unpaired) electrons. The molecular formula is C15H19N3O5S2. The largest absolute Gasteiger partial charge is 0.436 e. The summed E-state index contributed by atoms with van der Waals surface area (Å²) in [5, 5.41) is 11.6. The van der Waals surface area contributed by atoms with E-state index in [4.69, 9.17) is 4.42 Å². The first kappa shape index (κ1) is 19.4. The Bertz CT molecular complexity index is 894. The number of aromatic nitrogens is 1. The molecule has 1 N–H and O–H groups in total. The van der Waals surface area contributed by atoms with E-state index in [1.807, 2.05) is 0 Å². The third kappa shape index (κ3) is 4.80. The van der Waals surface area contributed by atoms with Crippen LogP contribution in [0.15, 0.2) is 37.6 Å². The van der Waals surface area contributed by atoms with Gasteiger partial charge >= 0.3 is 0 Å². The summed E-state index contributed by atoms with van der Waals surface area (Å²) < 4.78 is 32.6. The lowest BCUT2D eigenvalue weighted by Crippen LogP contribution is -2.40. The van der Waals surface area contributed by atoms with Crippen LogP contribution in [0.1, 0.15) is 32.2 Å². The number of nitrogens with one attached hydrogen (secondary N) is 1. The van der Waals surface area contributed by atoms with Crippen molar-refractivity contribution in [3.05, 3.63) is 39.8 Å². The maximum Gasteiger partial charge on any atom is 0.284 e. The van der Waals surface area contributed by atoms with E-state index in [-0.39, 0.29) is 20.7 Å². The molecule has 1 aromatic carbocycles. The Morgan fingerprint density at radius 2 is 1.92 bits per heavy atom. The Labute approximate surface area is 150 Å². The number of aryl methyl sites for hydroxylation is 2. The van der Waals surface area contributed by atoms with Crippen LogP contribution in [0.3, 0.4) is 0 Å². The average Bonchev–Trinajstić information content (AvgIpc) is 2.74. The highest BCUT2D eigenvalue weighted by atomic mass is 32.2. The number of hydrogen-bond acceptors (Lipinski definition) is 7. The summed E-state index contributed by atoms with van der Waals surface area (Å²) in [6, 6.07) is 3.75. The molecule has 1 aromatic heterocycles. The molecule has 0 unspecified atom stereocenters. The van der Waals surface area contributed by atoms with Gasteiger partial charge in [-0.05, 0) is 58.5 Å². The van der Waals surface area contributed by atoms with Gasteiger partial charge in [-0.25, -0.2) is 18.1 Å². The Hall–Kier alpha value is -1.91. The number of nitro groups is 1. The molecule has 136 valence electrons.